The SMILES string of the molecule is Cc1cc(C)n2nc(C(=O)N3CCCNC(=O)c4ccc(F)c(c4)-c4cc(ccc4O)CCNC(=O)CCC3)cc2n1. The number of aryl methyl sites for hydroxylation is 2. The number of phenols is 1. The zero-order chi connectivity index (χ0) is 29.8. The maximum Gasteiger partial charge on any atom is 0.274 e. The van der Waals surface area contributed by atoms with Crippen molar-refractivity contribution in [2.24, 2.45) is 0 Å². The number of nitrogens with one attached hydrogen (secondary N) is 2. The maximum absolute atomic E-state index is 14.8. The number of carbonyl (C=O) groups is 3. The van der Waals surface area contributed by atoms with Crippen molar-refractivity contribution in [2.45, 2.75) is 39.5 Å². The molecule has 42 heavy (non-hydrogen) atoms. The van der Waals surface area contributed by atoms with Crippen molar-refractivity contribution in [3.05, 3.63) is 82.6 Å². The third-order valence-electron chi connectivity index (χ3n) is 7.28. The normalized spacial score (nSPS) is 15.4. The minimum Gasteiger partial charge on any atom is -0.507 e. The first-order chi connectivity index (χ1) is 20.2. The first-order valence-corrected chi connectivity index (χ1v) is 14.0. The van der Waals surface area contributed by atoms with E-state index in [0.29, 0.717) is 44.5 Å². The highest BCUT2D eigenvalue weighted by Gasteiger charge is 2.21. The summed E-state index contributed by atoms with van der Waals surface area (Å²) < 4.78 is 16.4. The average Bonchev–Trinajstić information content (AvgIpc) is 3.39. The Morgan fingerprint density at radius 2 is 1.74 bits per heavy atom. The molecule has 2 aromatic carbocycles. The molecule has 3 heterocycles. The van der Waals surface area contributed by atoms with E-state index in [-0.39, 0.29) is 52.9 Å². The van der Waals surface area contributed by atoms with Crippen molar-refractivity contribution in [3.8, 4) is 16.9 Å². The molecule has 0 atom stereocenters. The summed E-state index contributed by atoms with van der Waals surface area (Å²) in [4.78, 5) is 45.1. The Morgan fingerprint density at radius 1 is 0.929 bits per heavy atom. The third-order valence-corrected chi connectivity index (χ3v) is 7.28. The number of amides is 3. The van der Waals surface area contributed by atoms with Gasteiger partial charge in [0.2, 0.25) is 5.91 Å². The van der Waals surface area contributed by atoms with Crippen molar-refractivity contribution in [1.82, 2.24) is 30.1 Å². The second-order valence-corrected chi connectivity index (χ2v) is 10.5. The molecular weight excluding hydrogens is 539 g/mol. The second kappa shape index (κ2) is 12.4. The minimum absolute atomic E-state index is 0.105. The van der Waals surface area contributed by atoms with Gasteiger partial charge < -0.3 is 20.6 Å². The number of halogens is 1. The Labute approximate surface area is 242 Å². The van der Waals surface area contributed by atoms with E-state index in [1.54, 1.807) is 27.6 Å². The van der Waals surface area contributed by atoms with Gasteiger partial charge in [-0.3, -0.25) is 14.4 Å². The molecule has 1 aliphatic heterocycles. The van der Waals surface area contributed by atoms with Gasteiger partial charge in [-0.2, -0.15) is 5.10 Å². The fourth-order valence-corrected chi connectivity index (χ4v) is 5.13. The highest BCUT2D eigenvalue weighted by molar-refractivity contribution is 5.96. The molecule has 4 aromatic rings. The van der Waals surface area contributed by atoms with Crippen molar-refractivity contribution in [1.29, 1.82) is 0 Å². The molecule has 0 unspecified atom stereocenters. The van der Waals surface area contributed by atoms with Crippen LogP contribution in [0.2, 0.25) is 0 Å². The molecule has 0 saturated carbocycles. The lowest BCUT2D eigenvalue weighted by atomic mass is 9.98. The number of hydrogen-bond acceptors (Lipinski definition) is 6. The number of fused-ring (bicyclic) bond motifs is 6. The molecule has 3 N–H and O–H groups in total. The highest BCUT2D eigenvalue weighted by Crippen LogP contribution is 2.33. The van der Waals surface area contributed by atoms with Gasteiger partial charge in [0.1, 0.15) is 11.6 Å². The van der Waals surface area contributed by atoms with E-state index >= 15 is 0 Å². The zero-order valence-corrected chi connectivity index (χ0v) is 23.6. The van der Waals surface area contributed by atoms with Crippen LogP contribution in [0.3, 0.4) is 0 Å². The van der Waals surface area contributed by atoms with E-state index in [2.05, 4.69) is 20.7 Å². The summed E-state index contributed by atoms with van der Waals surface area (Å²) in [5.41, 5.74) is 3.93. The summed E-state index contributed by atoms with van der Waals surface area (Å²) in [6, 6.07) is 12.4. The second-order valence-electron chi connectivity index (χ2n) is 10.5. The fourth-order valence-electron chi connectivity index (χ4n) is 5.13. The molecule has 0 fully saturated rings. The molecule has 0 saturated heterocycles. The van der Waals surface area contributed by atoms with Gasteiger partial charge in [-0.25, -0.2) is 13.9 Å². The first-order valence-electron chi connectivity index (χ1n) is 14.0. The standard InChI is InChI=1S/C31H33FN6O4/c1-19-15-20(2)38-28(35-19)18-26(36-38)31(42)37-13-3-5-29(40)33-12-10-21-6-9-27(39)24(16-21)23-17-22(7-8-25(23)32)30(41)34-11-4-14-37/h6-9,15-18,39H,3-5,10-14H2,1-2H3,(H,33,40)(H,34,41). The van der Waals surface area contributed by atoms with E-state index in [0.717, 1.165) is 17.0 Å². The topological polar surface area (TPSA) is 129 Å². The van der Waals surface area contributed by atoms with Crippen LogP contribution < -0.4 is 10.6 Å². The minimum atomic E-state index is -0.570. The fraction of sp³-hybridized carbons (Fsp3) is 0.323. The monoisotopic (exact) mass is 572 g/mol. The Balaban J connectivity index is 1.37. The van der Waals surface area contributed by atoms with Gasteiger partial charge in [0, 0.05) is 66.7 Å². The Morgan fingerprint density at radius 3 is 2.57 bits per heavy atom. The molecule has 218 valence electrons. The number of aromatic nitrogens is 3. The smallest absolute Gasteiger partial charge is 0.274 e. The lowest BCUT2D eigenvalue weighted by Gasteiger charge is -2.22. The summed E-state index contributed by atoms with van der Waals surface area (Å²) in [5.74, 6) is -1.50. The molecule has 10 nitrogen and oxygen atoms in total. The highest BCUT2D eigenvalue weighted by atomic mass is 19.1. The molecule has 0 aliphatic carbocycles. The summed E-state index contributed by atoms with van der Waals surface area (Å²) >= 11 is 0. The molecule has 0 radical (unpaired) electrons. The van der Waals surface area contributed by atoms with E-state index in [9.17, 15) is 23.9 Å². The van der Waals surface area contributed by atoms with Crippen molar-refractivity contribution in [3.63, 3.8) is 0 Å². The van der Waals surface area contributed by atoms with E-state index in [1.165, 1.54) is 24.3 Å². The number of aromatic hydroxyl groups is 1. The van der Waals surface area contributed by atoms with E-state index in [1.807, 2.05) is 19.9 Å². The average molecular weight is 573 g/mol. The van der Waals surface area contributed by atoms with Gasteiger partial charge in [-0.1, -0.05) is 6.07 Å². The van der Waals surface area contributed by atoms with Crippen molar-refractivity contribution < 1.29 is 23.9 Å². The lowest BCUT2D eigenvalue weighted by Crippen LogP contribution is -2.36. The van der Waals surface area contributed by atoms with Crippen molar-refractivity contribution in [2.75, 3.05) is 26.2 Å². The Hall–Kier alpha value is -4.80. The van der Waals surface area contributed by atoms with Crippen LogP contribution in [0, 0.1) is 19.7 Å². The molecule has 5 rings (SSSR count). The molecular formula is C31H33FN6O4. The largest absolute Gasteiger partial charge is 0.507 e. The van der Waals surface area contributed by atoms with Crippen molar-refractivity contribution >= 4 is 23.4 Å². The summed E-state index contributed by atoms with van der Waals surface area (Å²) in [6.07, 6.45) is 1.59. The predicted octanol–water partition coefficient (Wildman–Crippen LogP) is 3.57. The molecule has 1 aliphatic rings. The van der Waals surface area contributed by atoms with Crippen LogP contribution in [0.15, 0.2) is 48.5 Å². The van der Waals surface area contributed by atoms with Crippen LogP contribution in [0.25, 0.3) is 16.8 Å². The molecule has 3 amide bonds. The van der Waals surface area contributed by atoms with Crippen LogP contribution in [-0.4, -0.2) is 68.5 Å². The number of benzene rings is 2. The van der Waals surface area contributed by atoms with E-state index < -0.39 is 11.7 Å². The predicted molar refractivity (Wildman–Crippen MR) is 155 cm³/mol. The zero-order valence-electron chi connectivity index (χ0n) is 23.6. The Bertz CT molecular complexity index is 1670. The Kier molecular flexibility index (Phi) is 8.46. The first kappa shape index (κ1) is 28.7. The van der Waals surface area contributed by atoms with Crippen LogP contribution >= 0.6 is 0 Å². The summed E-state index contributed by atoms with van der Waals surface area (Å²) in [5, 5.41) is 20.6. The van der Waals surface area contributed by atoms with Crippen LogP contribution in [0.1, 0.15) is 57.1 Å². The number of nitrogens with zero attached hydrogens (tertiary/aromatic N) is 4. The van der Waals surface area contributed by atoms with Gasteiger partial charge in [0.25, 0.3) is 11.8 Å². The van der Waals surface area contributed by atoms with Crippen LogP contribution in [0.4, 0.5) is 4.39 Å². The van der Waals surface area contributed by atoms with Gasteiger partial charge in [0.15, 0.2) is 11.3 Å². The van der Waals surface area contributed by atoms with Crippen LogP contribution in [-0.2, 0) is 11.2 Å². The lowest BCUT2D eigenvalue weighted by molar-refractivity contribution is -0.121. The molecule has 0 spiro atoms. The number of rotatable bonds is 1. The number of carbonyl (C=O) groups excluding carboxylic acids is 3. The van der Waals surface area contributed by atoms with Gasteiger partial charge in [-0.05, 0) is 75.1 Å². The van der Waals surface area contributed by atoms with Gasteiger partial charge in [0.05, 0.1) is 0 Å². The molecule has 2 aromatic heterocycles. The van der Waals surface area contributed by atoms with Crippen LogP contribution in [0.5, 0.6) is 5.75 Å². The third kappa shape index (κ3) is 6.40. The molecule has 4 bridgehead atoms. The molecule has 11 heteroatoms. The quantitative estimate of drug-likeness (QED) is 0.320. The van der Waals surface area contributed by atoms with Gasteiger partial charge in [-0.15, -0.1) is 0 Å². The summed E-state index contributed by atoms with van der Waals surface area (Å²) in [6.45, 7) is 5.06. The summed E-state index contributed by atoms with van der Waals surface area (Å²) in [7, 11) is 0. The van der Waals surface area contributed by atoms with E-state index in [4.69, 9.17) is 0 Å². The maximum atomic E-state index is 14.8. The number of hydrogen-bond donors (Lipinski definition) is 3. The number of phenolic OH excluding ortho intramolecular Hbond substituents is 1. The van der Waals surface area contributed by atoms with Gasteiger partial charge >= 0.3 is 0 Å².